The number of benzene rings is 17. The minimum absolute atomic E-state index is 0.725. The van der Waals surface area contributed by atoms with Crippen LogP contribution in [0.3, 0.4) is 0 Å². The molecule has 0 atom stereocenters. The Morgan fingerprint density at radius 2 is 0.673 bits per heavy atom. The fourth-order valence-corrected chi connectivity index (χ4v) is 17.8. The first kappa shape index (κ1) is 65.4. The highest BCUT2D eigenvalue weighted by molar-refractivity contribution is 6.36. The van der Waals surface area contributed by atoms with Gasteiger partial charge in [-0.2, -0.15) is 0 Å². The van der Waals surface area contributed by atoms with Crippen molar-refractivity contribution in [3.63, 3.8) is 0 Å². The van der Waals surface area contributed by atoms with E-state index < -0.39 is 0 Å². The highest BCUT2D eigenvalue weighted by Crippen LogP contribution is 2.46. The summed E-state index contributed by atoms with van der Waals surface area (Å²) in [6, 6.07) is 129. The Morgan fingerprint density at radius 3 is 1.22 bits per heavy atom. The van der Waals surface area contributed by atoms with E-state index in [4.69, 9.17) is 31.5 Å². The molecule has 2 aliphatic carbocycles. The second-order valence-electron chi connectivity index (χ2n) is 29.2. The first-order chi connectivity index (χ1) is 56.0. The first-order valence-electron chi connectivity index (χ1n) is 38.3. The van der Waals surface area contributed by atoms with Gasteiger partial charge < -0.3 is 13.7 Å². The van der Waals surface area contributed by atoms with E-state index in [0.717, 1.165) is 128 Å². The number of hydrogen-bond acceptors (Lipinski definition) is 4. The molecule has 0 fully saturated rings. The third-order valence-electron chi connectivity index (χ3n) is 22.7. The molecule has 526 valence electrons. The molecule has 0 aliphatic heterocycles. The number of allylic oxidation sites excluding steroid dienone is 6. The van der Waals surface area contributed by atoms with Crippen molar-refractivity contribution >= 4 is 148 Å². The monoisotopic (exact) mass is 1460 g/mol. The number of para-hydroxylation sites is 9. The lowest BCUT2D eigenvalue weighted by atomic mass is 9.96. The van der Waals surface area contributed by atoms with Crippen molar-refractivity contribution in [1.29, 1.82) is 0 Å². The smallest absolute Gasteiger partial charge is 0.107 e. The quantitative estimate of drug-likeness (QED) is 0.149. The summed E-state index contributed by atoms with van der Waals surface area (Å²) in [6.45, 7) is 0. The van der Waals surface area contributed by atoms with Gasteiger partial charge in [-0.25, -0.2) is 19.9 Å². The highest BCUT2D eigenvalue weighted by atomic mass is 35.5. The van der Waals surface area contributed by atoms with E-state index in [2.05, 4.69) is 341 Å². The lowest BCUT2D eigenvalue weighted by molar-refractivity contribution is 1.18. The zero-order chi connectivity index (χ0) is 74.6. The summed E-state index contributed by atoms with van der Waals surface area (Å²) in [5.41, 5.74) is 27.0. The lowest BCUT2D eigenvalue weighted by Gasteiger charge is -2.17. The van der Waals surface area contributed by atoms with E-state index in [1.807, 2.05) is 60.7 Å². The van der Waals surface area contributed by atoms with Gasteiger partial charge in [0.05, 0.1) is 101 Å². The molecule has 0 bridgehead atoms. The standard InChI is InChI=1S/C52H32N4.C36H22ClN3.C17H11/c1-2-16-36(17-3-1)55-46-24-12-8-20-39(46)41-27-26-35(32-49(41)55)51-52(54-45-23-11-10-22-44(45)53-51)42-28-29-48(38-19-7-6-18-37(38)42)56-47-25-13-9-21-40(47)43-30-33-14-4-5-15-34(33)31-50(43)56;37-30-21-20-29(25-12-4-5-13-26(25)30)36-35(38-31-15-7-8-16-32(31)39-36)23-18-19-28-27-14-6-9-17-33(27)40(34(28)22-23)24-10-2-1-3-11-24;1-2-6-13-11-17-15(9-12(13)5-1)10-14-7-3-4-8-16(14)17/h1-32H;1-22H;1-2,4-9,11H,10H2/q;;+1. The predicted molar refractivity (Wildman–Crippen MR) is 473 cm³/mol. The normalized spacial score (nSPS) is 12.4. The predicted octanol–water partition coefficient (Wildman–Crippen LogP) is 27.4. The molecule has 2 aliphatic rings. The van der Waals surface area contributed by atoms with E-state index >= 15 is 0 Å². The minimum Gasteiger partial charge on any atom is -0.309 e. The molecule has 22 aromatic rings. The summed E-state index contributed by atoms with van der Waals surface area (Å²) in [7, 11) is 0. The maximum Gasteiger partial charge on any atom is 0.107 e. The van der Waals surface area contributed by atoms with Crippen molar-refractivity contribution in [2.75, 3.05) is 0 Å². The van der Waals surface area contributed by atoms with Gasteiger partial charge in [-0.15, -0.1) is 0 Å². The Morgan fingerprint density at radius 1 is 0.274 bits per heavy atom. The van der Waals surface area contributed by atoms with Crippen LogP contribution in [-0.4, -0.2) is 33.6 Å². The van der Waals surface area contributed by atoms with Crippen LogP contribution in [0.4, 0.5) is 0 Å². The van der Waals surface area contributed by atoms with Crippen LogP contribution in [-0.2, 0) is 6.42 Å². The van der Waals surface area contributed by atoms with Crippen molar-refractivity contribution in [3.8, 4) is 62.1 Å². The van der Waals surface area contributed by atoms with E-state index in [9.17, 15) is 0 Å². The Bertz CT molecular complexity index is 7790. The average molecular weight is 1460 g/mol. The van der Waals surface area contributed by atoms with E-state index in [1.165, 1.54) is 98.2 Å². The van der Waals surface area contributed by atoms with Crippen molar-refractivity contribution in [1.82, 2.24) is 33.6 Å². The molecule has 8 heteroatoms. The van der Waals surface area contributed by atoms with Crippen LogP contribution in [0.5, 0.6) is 0 Å². The Hall–Kier alpha value is -14.7. The fraction of sp³-hybridized carbons (Fsp3) is 0.00952. The van der Waals surface area contributed by atoms with E-state index in [0.29, 0.717) is 0 Å². The summed E-state index contributed by atoms with van der Waals surface area (Å²) in [6.07, 6.45) is 10.5. The van der Waals surface area contributed by atoms with Crippen LogP contribution < -0.4 is 0 Å². The van der Waals surface area contributed by atoms with Crippen molar-refractivity contribution in [2.24, 2.45) is 0 Å². The molecule has 5 aromatic heterocycles. The van der Waals surface area contributed by atoms with E-state index in [1.54, 1.807) is 0 Å². The number of fused-ring (bicyclic) bond motifs is 17. The summed E-state index contributed by atoms with van der Waals surface area (Å²) < 4.78 is 7.13. The van der Waals surface area contributed by atoms with Crippen molar-refractivity contribution in [2.45, 2.75) is 6.42 Å². The Kier molecular flexibility index (Phi) is 15.5. The molecule has 0 radical (unpaired) electrons. The Labute approximate surface area is 655 Å². The number of nitrogens with zero attached hydrogens (tertiary/aromatic N) is 7. The minimum atomic E-state index is 0.725. The first-order valence-corrected chi connectivity index (χ1v) is 38.7. The number of aromatic nitrogens is 7. The van der Waals surface area contributed by atoms with Gasteiger partial charge in [0.25, 0.3) is 0 Å². The zero-order valence-electron chi connectivity index (χ0n) is 61.1. The molecule has 24 rings (SSSR count). The maximum absolute atomic E-state index is 6.61. The van der Waals surface area contributed by atoms with Crippen LogP contribution in [0, 0.1) is 6.08 Å². The van der Waals surface area contributed by atoms with Gasteiger partial charge in [0.1, 0.15) is 12.2 Å². The second-order valence-corrected chi connectivity index (χ2v) is 29.6. The van der Waals surface area contributed by atoms with Crippen LogP contribution in [0.15, 0.2) is 388 Å². The topological polar surface area (TPSA) is 66.3 Å². The second kappa shape index (κ2) is 26.8. The van der Waals surface area contributed by atoms with Gasteiger partial charge in [0.2, 0.25) is 0 Å². The molecule has 0 amide bonds. The average Bonchev–Trinajstić information content (AvgIpc) is 1.66. The molecule has 0 saturated heterocycles. The van der Waals surface area contributed by atoms with Gasteiger partial charge in [0, 0.05) is 99.8 Å². The number of rotatable bonds is 7. The van der Waals surface area contributed by atoms with Gasteiger partial charge in [-0.3, -0.25) is 0 Å². The highest BCUT2D eigenvalue weighted by Gasteiger charge is 2.28. The molecule has 0 saturated carbocycles. The van der Waals surface area contributed by atoms with Crippen LogP contribution in [0.2, 0.25) is 5.02 Å². The Balaban J connectivity index is 0.000000118. The molecule has 113 heavy (non-hydrogen) atoms. The van der Waals surface area contributed by atoms with E-state index in [-0.39, 0.29) is 0 Å². The summed E-state index contributed by atoms with van der Waals surface area (Å²) in [4.78, 5) is 21.2. The molecule has 5 heterocycles. The fourth-order valence-electron chi connectivity index (χ4n) is 17.6. The molecule has 0 spiro atoms. The molecular weight excluding hydrogens is 1390 g/mol. The molecular formula is C105H65ClN7+. The molecule has 0 N–H and O–H groups in total. The third kappa shape index (κ3) is 11.0. The zero-order valence-corrected chi connectivity index (χ0v) is 61.8. The van der Waals surface area contributed by atoms with Gasteiger partial charge >= 0.3 is 0 Å². The van der Waals surface area contributed by atoms with Crippen molar-refractivity contribution < 1.29 is 0 Å². The SMILES string of the molecule is Clc1ccc(-c2nc3ccccc3nc2-c2ccc3c4ccccc4n(-c4ccccc4)c3c2)c2ccccc12.[C+]1=CC2=C(C=C1)c1cc3ccccc3cc1C2.c1ccc(-n2c3ccccc3c3ccc(-c4nc5ccccc5nc4-c4ccc(-n5c6ccccc6c6cc7ccccc7cc65)c5ccccc45)cc32)cc1. The van der Waals surface area contributed by atoms with Crippen LogP contribution in [0.25, 0.3) is 198 Å². The van der Waals surface area contributed by atoms with Gasteiger partial charge in [-0.05, 0) is 159 Å². The molecule has 17 aromatic carbocycles. The van der Waals surface area contributed by atoms with Gasteiger partial charge in [-0.1, -0.05) is 254 Å². The van der Waals surface area contributed by atoms with Crippen LogP contribution in [0.1, 0.15) is 11.1 Å². The largest absolute Gasteiger partial charge is 0.309 e. The molecule has 0 unspecified atom stereocenters. The summed E-state index contributed by atoms with van der Waals surface area (Å²) in [5, 5.41) is 17.5. The lowest BCUT2D eigenvalue weighted by Crippen LogP contribution is -1.99. The third-order valence-corrected chi connectivity index (χ3v) is 23.0. The summed E-state index contributed by atoms with van der Waals surface area (Å²) in [5.74, 6) is 0. The maximum atomic E-state index is 6.61. The number of hydrogen-bond donors (Lipinski definition) is 0. The van der Waals surface area contributed by atoms with Crippen LogP contribution >= 0.6 is 11.6 Å². The summed E-state index contributed by atoms with van der Waals surface area (Å²) >= 11 is 6.61. The van der Waals surface area contributed by atoms with Gasteiger partial charge in [0.15, 0.2) is 0 Å². The number of halogens is 1. The molecule has 7 nitrogen and oxygen atoms in total. The van der Waals surface area contributed by atoms with Crippen molar-refractivity contribution in [3.05, 3.63) is 410 Å².